The first-order chi connectivity index (χ1) is 5.00. The van der Waals surface area contributed by atoms with Gasteiger partial charge in [0.15, 0.2) is 0 Å². The molecule has 1 N–H and O–H groups in total. The van der Waals surface area contributed by atoms with Crippen molar-refractivity contribution >= 4 is 33.1 Å². The zero-order chi connectivity index (χ0) is 7.07. The van der Waals surface area contributed by atoms with Crippen LogP contribution in [-0.2, 0) is 0 Å². The molecular formula is C6H7NS3. The summed E-state index contributed by atoms with van der Waals surface area (Å²) in [6.07, 6.45) is 1.91. The van der Waals surface area contributed by atoms with Crippen molar-refractivity contribution in [2.45, 2.75) is 0 Å². The lowest BCUT2D eigenvalue weighted by Crippen LogP contribution is -1.76. The van der Waals surface area contributed by atoms with E-state index < -0.39 is 0 Å². The average molecular weight is 189 g/mol. The van der Waals surface area contributed by atoms with Crippen LogP contribution in [0.25, 0.3) is 0 Å². The summed E-state index contributed by atoms with van der Waals surface area (Å²) in [6, 6.07) is 4.04. The molecule has 0 atom stereocenters. The Balaban J connectivity index is 0.0000001000. The highest BCUT2D eigenvalue weighted by Crippen LogP contribution is 2.22. The highest BCUT2D eigenvalue weighted by atomic mass is 33.1. The molecule has 1 aliphatic rings. The molecule has 0 spiro atoms. The predicted octanol–water partition coefficient (Wildman–Crippen LogP) is 3.11. The first kappa shape index (κ1) is 8.04. The third-order valence-corrected chi connectivity index (χ3v) is 2.83. The van der Waals surface area contributed by atoms with Gasteiger partial charge in [0, 0.05) is 22.6 Å². The van der Waals surface area contributed by atoms with E-state index in [1.807, 2.05) is 34.5 Å². The summed E-state index contributed by atoms with van der Waals surface area (Å²) in [5.41, 5.74) is 0. The fourth-order valence-corrected chi connectivity index (χ4v) is 1.93. The third kappa shape index (κ3) is 3.87. The minimum absolute atomic E-state index is 1.63. The quantitative estimate of drug-likeness (QED) is 0.497. The van der Waals surface area contributed by atoms with Gasteiger partial charge in [0.25, 0.3) is 0 Å². The fourth-order valence-electron chi connectivity index (χ4n) is 0.366. The van der Waals surface area contributed by atoms with Gasteiger partial charge in [-0.2, -0.15) is 11.3 Å². The van der Waals surface area contributed by atoms with Crippen LogP contribution in [-0.4, -0.2) is 0 Å². The summed E-state index contributed by atoms with van der Waals surface area (Å²) < 4.78 is 2.92. The van der Waals surface area contributed by atoms with E-state index in [4.69, 9.17) is 0 Å². The molecule has 0 fully saturated rings. The van der Waals surface area contributed by atoms with Gasteiger partial charge < -0.3 is 4.72 Å². The van der Waals surface area contributed by atoms with E-state index in [0.717, 1.165) is 0 Å². The summed E-state index contributed by atoms with van der Waals surface area (Å²) >= 11 is 1.71. The lowest BCUT2D eigenvalue weighted by Gasteiger charge is -1.75. The molecule has 2 rings (SSSR count). The van der Waals surface area contributed by atoms with Crippen molar-refractivity contribution in [3.05, 3.63) is 34.5 Å². The number of thiophene rings is 1. The van der Waals surface area contributed by atoms with Gasteiger partial charge in [-0.15, -0.1) is 0 Å². The second kappa shape index (κ2) is 5.70. The zero-order valence-electron chi connectivity index (χ0n) is 5.19. The highest BCUT2D eigenvalue weighted by molar-refractivity contribution is 8.77. The van der Waals surface area contributed by atoms with Crippen LogP contribution < -0.4 is 4.72 Å². The number of hydrogen-bond donors (Lipinski definition) is 1. The minimum atomic E-state index is 1.63. The summed E-state index contributed by atoms with van der Waals surface area (Å²) in [5.74, 6) is 0. The van der Waals surface area contributed by atoms with Gasteiger partial charge in [0.05, 0.1) is 0 Å². The Morgan fingerprint density at radius 2 is 1.90 bits per heavy atom. The fraction of sp³-hybridized carbons (Fsp3) is 0. The SMILES string of the molecule is C1=CSSN1.c1ccsc1. The van der Waals surface area contributed by atoms with Crippen LogP contribution in [0.3, 0.4) is 0 Å². The van der Waals surface area contributed by atoms with E-state index in [1.54, 1.807) is 33.1 Å². The molecule has 2 heterocycles. The summed E-state index contributed by atoms with van der Waals surface area (Å²) in [6.45, 7) is 0. The van der Waals surface area contributed by atoms with E-state index in [0.29, 0.717) is 0 Å². The van der Waals surface area contributed by atoms with Crippen LogP contribution in [0, 0.1) is 0 Å². The largest absolute Gasteiger partial charge is 0.327 e. The topological polar surface area (TPSA) is 12.0 Å². The molecule has 10 heavy (non-hydrogen) atoms. The Hall–Kier alpha value is -0.0600. The minimum Gasteiger partial charge on any atom is -0.327 e. The van der Waals surface area contributed by atoms with Crippen molar-refractivity contribution in [2.75, 3.05) is 0 Å². The summed E-state index contributed by atoms with van der Waals surface area (Å²) in [5, 5.41) is 6.09. The molecule has 4 heteroatoms. The van der Waals surface area contributed by atoms with Crippen LogP contribution in [0.4, 0.5) is 0 Å². The van der Waals surface area contributed by atoms with Crippen LogP contribution in [0.15, 0.2) is 34.5 Å². The standard InChI is InChI=1S/C4H4S.C2H3NS2/c2*1-2-4-5-3-1/h1-4H;1-3H. The molecule has 0 saturated carbocycles. The Labute approximate surface area is 72.4 Å². The van der Waals surface area contributed by atoms with Gasteiger partial charge in [-0.25, -0.2) is 0 Å². The van der Waals surface area contributed by atoms with Crippen molar-refractivity contribution in [1.29, 1.82) is 0 Å². The zero-order valence-corrected chi connectivity index (χ0v) is 7.64. The van der Waals surface area contributed by atoms with E-state index in [-0.39, 0.29) is 0 Å². The molecule has 0 unspecified atom stereocenters. The van der Waals surface area contributed by atoms with Gasteiger partial charge in [0.1, 0.15) is 0 Å². The van der Waals surface area contributed by atoms with Crippen molar-refractivity contribution in [1.82, 2.24) is 4.72 Å². The average Bonchev–Trinajstić information content (AvgIpc) is 2.67. The van der Waals surface area contributed by atoms with Gasteiger partial charge in [-0.1, -0.05) is 12.1 Å². The second-order valence-electron chi connectivity index (χ2n) is 1.39. The molecular weight excluding hydrogens is 182 g/mol. The second-order valence-corrected chi connectivity index (χ2v) is 4.15. The molecule has 0 saturated heterocycles. The summed E-state index contributed by atoms with van der Waals surface area (Å²) in [7, 11) is 3.33. The van der Waals surface area contributed by atoms with Gasteiger partial charge in [0.2, 0.25) is 0 Å². The van der Waals surface area contributed by atoms with E-state index in [9.17, 15) is 0 Å². The number of hydrogen-bond acceptors (Lipinski definition) is 4. The first-order valence-electron chi connectivity index (χ1n) is 2.70. The van der Waals surface area contributed by atoms with E-state index in [1.165, 1.54) is 0 Å². The maximum atomic E-state index is 2.92. The van der Waals surface area contributed by atoms with Crippen molar-refractivity contribution in [2.24, 2.45) is 0 Å². The Bertz CT molecular complexity index is 148. The Morgan fingerprint density at radius 3 is 2.10 bits per heavy atom. The Kier molecular flexibility index (Phi) is 4.59. The molecule has 1 aromatic heterocycles. The normalized spacial score (nSPS) is 13.6. The van der Waals surface area contributed by atoms with Crippen LogP contribution in [0.1, 0.15) is 0 Å². The maximum absolute atomic E-state index is 2.92. The van der Waals surface area contributed by atoms with Crippen LogP contribution in [0.5, 0.6) is 0 Å². The molecule has 1 aliphatic heterocycles. The van der Waals surface area contributed by atoms with Crippen molar-refractivity contribution in [3.63, 3.8) is 0 Å². The van der Waals surface area contributed by atoms with Crippen molar-refractivity contribution in [3.8, 4) is 0 Å². The van der Waals surface area contributed by atoms with Crippen molar-refractivity contribution < 1.29 is 0 Å². The van der Waals surface area contributed by atoms with Gasteiger partial charge in [-0.05, 0) is 21.6 Å². The monoisotopic (exact) mass is 189 g/mol. The van der Waals surface area contributed by atoms with Gasteiger partial charge in [-0.3, -0.25) is 0 Å². The lowest BCUT2D eigenvalue weighted by atomic mass is 10.7. The molecule has 0 amide bonds. The van der Waals surface area contributed by atoms with Gasteiger partial charge >= 0.3 is 0 Å². The molecule has 1 aromatic rings. The molecule has 0 bridgehead atoms. The van der Waals surface area contributed by atoms with Crippen LogP contribution >= 0.6 is 33.1 Å². The molecule has 0 aromatic carbocycles. The Morgan fingerprint density at radius 1 is 1.10 bits per heavy atom. The number of rotatable bonds is 0. The molecule has 0 radical (unpaired) electrons. The molecule has 1 nitrogen and oxygen atoms in total. The number of nitrogens with one attached hydrogen (secondary N) is 1. The molecule has 0 aliphatic carbocycles. The smallest absolute Gasteiger partial charge is 0.0229 e. The highest BCUT2D eigenvalue weighted by Gasteiger charge is 1.83. The first-order valence-corrected chi connectivity index (χ1v) is 5.86. The van der Waals surface area contributed by atoms with Crippen LogP contribution in [0.2, 0.25) is 0 Å². The van der Waals surface area contributed by atoms with E-state index >= 15 is 0 Å². The third-order valence-electron chi connectivity index (χ3n) is 0.713. The lowest BCUT2D eigenvalue weighted by molar-refractivity contribution is 1.46. The summed E-state index contributed by atoms with van der Waals surface area (Å²) in [4.78, 5) is 0. The van der Waals surface area contributed by atoms with E-state index in [2.05, 4.69) is 4.72 Å². The maximum Gasteiger partial charge on any atom is 0.0229 e. The predicted molar refractivity (Wildman–Crippen MR) is 51.8 cm³/mol. The molecule has 54 valence electrons.